The van der Waals surface area contributed by atoms with Crippen LogP contribution in [0.2, 0.25) is 0 Å². The monoisotopic (exact) mass is 270 g/mol. The summed E-state index contributed by atoms with van der Waals surface area (Å²) < 4.78 is 0. The van der Waals surface area contributed by atoms with Crippen molar-refractivity contribution >= 4 is 17.3 Å². The summed E-state index contributed by atoms with van der Waals surface area (Å²) in [5.41, 5.74) is 5.30. The van der Waals surface area contributed by atoms with Crippen LogP contribution in [-0.2, 0) is 4.79 Å². The molecule has 0 atom stereocenters. The van der Waals surface area contributed by atoms with Crippen molar-refractivity contribution in [3.8, 4) is 0 Å². The number of anilines is 2. The van der Waals surface area contributed by atoms with Crippen molar-refractivity contribution < 1.29 is 9.90 Å². The average Bonchev–Trinajstić information content (AvgIpc) is 2.48. The molecule has 0 radical (unpaired) electrons. The van der Waals surface area contributed by atoms with Crippen molar-refractivity contribution in [3.63, 3.8) is 0 Å². The van der Waals surface area contributed by atoms with Crippen molar-refractivity contribution in [2.75, 3.05) is 17.0 Å². The van der Waals surface area contributed by atoms with E-state index in [1.54, 1.807) is 0 Å². The molecule has 0 amide bonds. The number of nitrogens with zero attached hydrogens (tertiary/aromatic N) is 1. The van der Waals surface area contributed by atoms with Crippen LogP contribution in [0.4, 0.5) is 11.4 Å². The van der Waals surface area contributed by atoms with E-state index in [4.69, 9.17) is 5.11 Å². The fourth-order valence-corrected chi connectivity index (χ4v) is 1.91. The van der Waals surface area contributed by atoms with E-state index in [0.29, 0.717) is 13.0 Å². The third-order valence-electron chi connectivity index (χ3n) is 2.88. The highest BCUT2D eigenvalue weighted by molar-refractivity contribution is 5.66. The Bertz CT molecular complexity index is 529. The Labute approximate surface area is 118 Å². The first-order valence-electron chi connectivity index (χ1n) is 6.62. The zero-order chi connectivity index (χ0) is 14.2. The third kappa shape index (κ3) is 4.31. The molecule has 0 aliphatic rings. The minimum atomic E-state index is -0.766. The van der Waals surface area contributed by atoms with Gasteiger partial charge in [-0.05, 0) is 30.7 Å². The van der Waals surface area contributed by atoms with Crippen LogP contribution in [0.5, 0.6) is 0 Å². The van der Waals surface area contributed by atoms with Gasteiger partial charge in [-0.2, -0.15) is 0 Å². The van der Waals surface area contributed by atoms with Gasteiger partial charge in [-0.1, -0.05) is 36.4 Å². The van der Waals surface area contributed by atoms with E-state index in [-0.39, 0.29) is 6.42 Å². The van der Waals surface area contributed by atoms with Gasteiger partial charge in [0, 0.05) is 13.0 Å². The van der Waals surface area contributed by atoms with Crippen LogP contribution >= 0.6 is 0 Å². The van der Waals surface area contributed by atoms with Crippen molar-refractivity contribution in [1.82, 2.24) is 0 Å². The number of aliphatic carboxylic acids is 1. The first-order valence-corrected chi connectivity index (χ1v) is 6.62. The Hall–Kier alpha value is -2.49. The summed E-state index contributed by atoms with van der Waals surface area (Å²) in [5, 5.41) is 10.7. The Kier molecular flexibility index (Phi) is 5.00. The molecule has 4 nitrogen and oxygen atoms in total. The van der Waals surface area contributed by atoms with Gasteiger partial charge in [0.15, 0.2) is 0 Å². The molecule has 0 aliphatic heterocycles. The molecule has 104 valence electrons. The molecule has 2 aromatic rings. The van der Waals surface area contributed by atoms with Crippen molar-refractivity contribution in [2.24, 2.45) is 0 Å². The molecule has 4 heteroatoms. The normalized spacial score (nSPS) is 10.0. The summed E-state index contributed by atoms with van der Waals surface area (Å²) in [4.78, 5) is 10.6. The predicted molar refractivity (Wildman–Crippen MR) is 80.7 cm³/mol. The molecule has 2 aromatic carbocycles. The van der Waals surface area contributed by atoms with Crippen LogP contribution in [0.1, 0.15) is 12.8 Å². The van der Waals surface area contributed by atoms with E-state index in [9.17, 15) is 4.79 Å². The second-order valence-electron chi connectivity index (χ2n) is 4.46. The fraction of sp³-hybridized carbons (Fsp3) is 0.188. The smallest absolute Gasteiger partial charge is 0.303 e. The second-order valence-corrected chi connectivity index (χ2v) is 4.46. The summed E-state index contributed by atoms with van der Waals surface area (Å²) in [6.45, 7) is 0.630. The van der Waals surface area contributed by atoms with Crippen molar-refractivity contribution in [2.45, 2.75) is 12.8 Å². The van der Waals surface area contributed by atoms with Gasteiger partial charge in [-0.15, -0.1) is 0 Å². The van der Waals surface area contributed by atoms with E-state index in [0.717, 1.165) is 11.4 Å². The lowest BCUT2D eigenvalue weighted by Crippen LogP contribution is -2.31. The number of hydrogen-bond donors (Lipinski definition) is 2. The zero-order valence-electron chi connectivity index (χ0n) is 11.2. The number of rotatable bonds is 7. The number of nitrogens with one attached hydrogen (secondary N) is 1. The van der Waals surface area contributed by atoms with Gasteiger partial charge in [-0.25, -0.2) is 0 Å². The summed E-state index contributed by atoms with van der Waals surface area (Å²) in [6.07, 6.45) is 0.754. The maximum absolute atomic E-state index is 10.6. The number of carbonyl (C=O) groups is 1. The van der Waals surface area contributed by atoms with Crippen molar-refractivity contribution in [1.29, 1.82) is 0 Å². The van der Waals surface area contributed by atoms with Gasteiger partial charge in [0.1, 0.15) is 0 Å². The number of hydrogen-bond acceptors (Lipinski definition) is 3. The SMILES string of the molecule is O=C(O)CCCN(Nc1ccccc1)c1ccccc1. The Balaban J connectivity index is 2.06. The highest BCUT2D eigenvalue weighted by atomic mass is 16.4. The number of para-hydroxylation sites is 2. The lowest BCUT2D eigenvalue weighted by atomic mass is 10.2. The summed E-state index contributed by atoms with van der Waals surface area (Å²) in [5.74, 6) is -0.766. The van der Waals surface area contributed by atoms with Crippen LogP contribution in [0, 0.1) is 0 Å². The Morgan fingerprint density at radius 3 is 2.20 bits per heavy atom. The molecule has 0 saturated heterocycles. The second kappa shape index (κ2) is 7.19. The molecule has 0 spiro atoms. The van der Waals surface area contributed by atoms with Gasteiger partial charge in [0.2, 0.25) is 0 Å². The largest absolute Gasteiger partial charge is 0.481 e. The van der Waals surface area contributed by atoms with Crippen LogP contribution in [-0.4, -0.2) is 17.6 Å². The van der Waals surface area contributed by atoms with Crippen LogP contribution in [0.25, 0.3) is 0 Å². The lowest BCUT2D eigenvalue weighted by molar-refractivity contribution is -0.137. The topological polar surface area (TPSA) is 52.6 Å². The highest BCUT2D eigenvalue weighted by Gasteiger charge is 2.07. The van der Waals surface area contributed by atoms with Gasteiger partial charge in [0.05, 0.1) is 11.4 Å². The molecule has 20 heavy (non-hydrogen) atoms. The Morgan fingerprint density at radius 1 is 1.00 bits per heavy atom. The standard InChI is InChI=1S/C16H18N2O2/c19-16(20)12-7-13-18(15-10-5-2-6-11-15)17-14-8-3-1-4-9-14/h1-6,8-11,17H,7,12-13H2,(H,19,20). The molecule has 0 aromatic heterocycles. The first-order chi connectivity index (χ1) is 9.75. The summed E-state index contributed by atoms with van der Waals surface area (Å²) >= 11 is 0. The summed E-state index contributed by atoms with van der Waals surface area (Å²) in [6, 6.07) is 19.7. The molecule has 2 N–H and O–H groups in total. The minimum Gasteiger partial charge on any atom is -0.481 e. The predicted octanol–water partition coefficient (Wildman–Crippen LogP) is 3.38. The van der Waals surface area contributed by atoms with E-state index in [2.05, 4.69) is 5.43 Å². The molecular formula is C16H18N2O2. The number of carboxylic acids is 1. The van der Waals surface area contributed by atoms with Gasteiger partial charge in [0.25, 0.3) is 0 Å². The maximum atomic E-state index is 10.6. The molecule has 0 fully saturated rings. The molecule has 0 saturated carbocycles. The molecular weight excluding hydrogens is 252 g/mol. The number of benzene rings is 2. The fourth-order valence-electron chi connectivity index (χ4n) is 1.91. The zero-order valence-corrected chi connectivity index (χ0v) is 11.2. The van der Waals surface area contributed by atoms with Crippen molar-refractivity contribution in [3.05, 3.63) is 60.7 Å². The van der Waals surface area contributed by atoms with E-state index < -0.39 is 5.97 Å². The third-order valence-corrected chi connectivity index (χ3v) is 2.88. The van der Waals surface area contributed by atoms with E-state index in [1.165, 1.54) is 0 Å². The lowest BCUT2D eigenvalue weighted by Gasteiger charge is -2.26. The average molecular weight is 270 g/mol. The van der Waals surface area contributed by atoms with E-state index in [1.807, 2.05) is 65.7 Å². The first kappa shape index (κ1) is 13.9. The molecule has 0 bridgehead atoms. The number of carboxylic acid groups (broad SMARTS) is 1. The Morgan fingerprint density at radius 2 is 1.60 bits per heavy atom. The van der Waals surface area contributed by atoms with Gasteiger partial charge >= 0.3 is 5.97 Å². The summed E-state index contributed by atoms with van der Waals surface area (Å²) in [7, 11) is 0. The highest BCUT2D eigenvalue weighted by Crippen LogP contribution is 2.16. The van der Waals surface area contributed by atoms with Gasteiger partial charge in [-0.3, -0.25) is 15.2 Å². The van der Waals surface area contributed by atoms with Crippen LogP contribution < -0.4 is 10.4 Å². The quantitative estimate of drug-likeness (QED) is 0.757. The maximum Gasteiger partial charge on any atom is 0.303 e. The minimum absolute atomic E-state index is 0.166. The molecule has 0 heterocycles. The van der Waals surface area contributed by atoms with E-state index >= 15 is 0 Å². The van der Waals surface area contributed by atoms with Gasteiger partial charge < -0.3 is 5.11 Å². The number of hydrazine groups is 1. The molecule has 0 aliphatic carbocycles. The van der Waals surface area contributed by atoms with Crippen LogP contribution in [0.15, 0.2) is 60.7 Å². The molecule has 0 unspecified atom stereocenters. The van der Waals surface area contributed by atoms with Crippen LogP contribution in [0.3, 0.4) is 0 Å². The molecule has 2 rings (SSSR count).